The third-order valence-corrected chi connectivity index (χ3v) is 2.63. The van der Waals surface area contributed by atoms with Crippen molar-refractivity contribution in [1.82, 2.24) is 0 Å². The highest BCUT2D eigenvalue weighted by molar-refractivity contribution is 6.17. The van der Waals surface area contributed by atoms with Crippen molar-refractivity contribution < 1.29 is 19.0 Å². The summed E-state index contributed by atoms with van der Waals surface area (Å²) >= 11 is 5.58. The molecule has 1 aromatic carbocycles. The minimum absolute atomic E-state index is 0.267. The van der Waals surface area contributed by atoms with Crippen LogP contribution in [0.5, 0.6) is 11.5 Å². The first kappa shape index (κ1) is 15.4. The summed E-state index contributed by atoms with van der Waals surface area (Å²) in [5.41, 5.74) is 6.38. The molecule has 0 aromatic heterocycles. The average Bonchev–Trinajstić information content (AvgIpc) is 2.39. The number of hydrogen-bond donors (Lipinski definition) is 1. The molecule has 0 unspecified atom stereocenters. The molecule has 2 N–H and O–H groups in total. The van der Waals surface area contributed by atoms with Crippen LogP contribution < -0.4 is 15.2 Å². The second kappa shape index (κ2) is 7.74. The Morgan fingerprint density at radius 3 is 2.68 bits per heavy atom. The van der Waals surface area contributed by atoms with E-state index in [-0.39, 0.29) is 12.2 Å². The van der Waals surface area contributed by atoms with E-state index in [1.807, 2.05) is 0 Å². The molecule has 0 amide bonds. The van der Waals surface area contributed by atoms with Crippen LogP contribution in [0.3, 0.4) is 0 Å². The Hall–Kier alpha value is -1.62. The molecule has 0 saturated heterocycles. The largest absolute Gasteiger partial charge is 0.493 e. The van der Waals surface area contributed by atoms with E-state index in [4.69, 9.17) is 31.5 Å². The van der Waals surface area contributed by atoms with Crippen molar-refractivity contribution in [1.29, 1.82) is 0 Å². The van der Waals surface area contributed by atoms with Gasteiger partial charge in [0.05, 0.1) is 31.6 Å². The van der Waals surface area contributed by atoms with Crippen LogP contribution in [0.25, 0.3) is 0 Å². The summed E-state index contributed by atoms with van der Waals surface area (Å²) in [6.07, 6.45) is 0.713. The molecule has 106 valence electrons. The fraction of sp³-hybridized carbons (Fsp3) is 0.462. The molecule has 0 saturated carbocycles. The highest BCUT2D eigenvalue weighted by atomic mass is 35.5. The van der Waals surface area contributed by atoms with Gasteiger partial charge in [0.1, 0.15) is 0 Å². The van der Waals surface area contributed by atoms with Crippen molar-refractivity contribution in [3.63, 3.8) is 0 Å². The van der Waals surface area contributed by atoms with Crippen molar-refractivity contribution in [2.75, 3.05) is 31.9 Å². The van der Waals surface area contributed by atoms with Gasteiger partial charge in [-0.25, -0.2) is 4.79 Å². The van der Waals surface area contributed by atoms with Gasteiger partial charge in [0.15, 0.2) is 11.5 Å². The maximum absolute atomic E-state index is 11.7. The number of alkyl halides is 1. The fourth-order valence-electron chi connectivity index (χ4n) is 1.47. The van der Waals surface area contributed by atoms with E-state index in [2.05, 4.69) is 0 Å². The average molecular weight is 288 g/mol. The van der Waals surface area contributed by atoms with Gasteiger partial charge in [-0.15, -0.1) is 11.6 Å². The summed E-state index contributed by atoms with van der Waals surface area (Å²) in [6, 6.07) is 3.07. The summed E-state index contributed by atoms with van der Waals surface area (Å²) < 4.78 is 15.6. The van der Waals surface area contributed by atoms with E-state index >= 15 is 0 Å². The van der Waals surface area contributed by atoms with Gasteiger partial charge in [-0.3, -0.25) is 0 Å². The highest BCUT2D eigenvalue weighted by Crippen LogP contribution is 2.32. The number of carbonyl (C=O) groups is 1. The van der Waals surface area contributed by atoms with Crippen LogP contribution in [0.15, 0.2) is 12.1 Å². The molecule has 0 bridgehead atoms. The van der Waals surface area contributed by atoms with E-state index in [1.165, 1.54) is 13.2 Å². The maximum Gasteiger partial charge on any atom is 0.340 e. The lowest BCUT2D eigenvalue weighted by Crippen LogP contribution is -2.09. The van der Waals surface area contributed by atoms with Crippen LogP contribution >= 0.6 is 11.6 Å². The van der Waals surface area contributed by atoms with Gasteiger partial charge in [0.25, 0.3) is 0 Å². The molecule has 0 aliphatic rings. The third kappa shape index (κ3) is 4.21. The molecule has 1 rings (SSSR count). The van der Waals surface area contributed by atoms with Gasteiger partial charge in [0, 0.05) is 18.0 Å². The number of benzene rings is 1. The van der Waals surface area contributed by atoms with Gasteiger partial charge in [-0.2, -0.15) is 0 Å². The number of hydrogen-bond acceptors (Lipinski definition) is 5. The van der Waals surface area contributed by atoms with Gasteiger partial charge in [-0.1, -0.05) is 0 Å². The molecule has 0 aliphatic carbocycles. The number of ether oxygens (including phenoxy) is 3. The standard InChI is InChI=1S/C13H18ClNO4/c1-3-18-13(16)9-7-11(17-2)12(8-10(9)15)19-6-4-5-14/h7-8H,3-6,15H2,1-2H3. The summed E-state index contributed by atoms with van der Waals surface area (Å²) in [7, 11) is 1.49. The molecule has 0 radical (unpaired) electrons. The van der Waals surface area contributed by atoms with E-state index in [1.54, 1.807) is 13.0 Å². The van der Waals surface area contributed by atoms with E-state index in [9.17, 15) is 4.79 Å². The quantitative estimate of drug-likeness (QED) is 0.361. The minimum atomic E-state index is -0.481. The van der Waals surface area contributed by atoms with Crippen LogP contribution in [-0.2, 0) is 4.74 Å². The molecular formula is C13H18ClNO4. The second-order valence-corrected chi connectivity index (χ2v) is 4.08. The summed E-state index contributed by atoms with van der Waals surface area (Å²) in [6.45, 7) is 2.47. The predicted octanol–water partition coefficient (Wildman–Crippen LogP) is 2.46. The zero-order chi connectivity index (χ0) is 14.3. The first-order valence-corrected chi connectivity index (χ1v) is 6.50. The smallest absolute Gasteiger partial charge is 0.340 e. The second-order valence-electron chi connectivity index (χ2n) is 3.70. The van der Waals surface area contributed by atoms with Crippen LogP contribution in [0.2, 0.25) is 0 Å². The molecule has 0 aliphatic heterocycles. The minimum Gasteiger partial charge on any atom is -0.493 e. The van der Waals surface area contributed by atoms with Crippen molar-refractivity contribution >= 4 is 23.3 Å². The lowest BCUT2D eigenvalue weighted by Gasteiger charge is -2.13. The first-order chi connectivity index (χ1) is 9.13. The van der Waals surface area contributed by atoms with E-state index in [0.717, 1.165) is 0 Å². The van der Waals surface area contributed by atoms with Crippen LogP contribution in [0.4, 0.5) is 5.69 Å². The SMILES string of the molecule is CCOC(=O)c1cc(OC)c(OCCCCl)cc1N. The lowest BCUT2D eigenvalue weighted by molar-refractivity contribution is 0.0527. The predicted molar refractivity (Wildman–Crippen MR) is 74.2 cm³/mol. The van der Waals surface area contributed by atoms with Gasteiger partial charge in [-0.05, 0) is 13.3 Å². The summed E-state index contributed by atoms with van der Waals surface area (Å²) in [4.78, 5) is 11.7. The molecule has 5 nitrogen and oxygen atoms in total. The number of methoxy groups -OCH3 is 1. The molecule has 19 heavy (non-hydrogen) atoms. The van der Waals surface area contributed by atoms with Crippen molar-refractivity contribution in [3.8, 4) is 11.5 Å². The Morgan fingerprint density at radius 2 is 2.11 bits per heavy atom. The molecular weight excluding hydrogens is 270 g/mol. The number of halogens is 1. The van der Waals surface area contributed by atoms with E-state index in [0.29, 0.717) is 36.1 Å². The Kier molecular flexibility index (Phi) is 6.29. The number of rotatable bonds is 7. The van der Waals surface area contributed by atoms with Crippen LogP contribution in [-0.4, -0.2) is 32.2 Å². The molecule has 0 fully saturated rings. The Bertz CT molecular complexity index is 437. The highest BCUT2D eigenvalue weighted by Gasteiger charge is 2.16. The van der Waals surface area contributed by atoms with Crippen molar-refractivity contribution in [2.24, 2.45) is 0 Å². The molecule has 0 spiro atoms. The van der Waals surface area contributed by atoms with Crippen molar-refractivity contribution in [2.45, 2.75) is 13.3 Å². The molecule has 0 heterocycles. The fourth-order valence-corrected chi connectivity index (χ4v) is 1.58. The zero-order valence-electron chi connectivity index (χ0n) is 11.1. The topological polar surface area (TPSA) is 70.8 Å². The number of carbonyl (C=O) groups excluding carboxylic acids is 1. The van der Waals surface area contributed by atoms with Gasteiger partial charge < -0.3 is 19.9 Å². The number of esters is 1. The number of nitrogen functional groups attached to an aromatic ring is 1. The van der Waals surface area contributed by atoms with Crippen molar-refractivity contribution in [3.05, 3.63) is 17.7 Å². The third-order valence-electron chi connectivity index (χ3n) is 2.37. The van der Waals surface area contributed by atoms with Gasteiger partial charge in [0.2, 0.25) is 0 Å². The Balaban J connectivity index is 2.96. The summed E-state index contributed by atoms with van der Waals surface area (Å²) in [5.74, 6) is 0.953. The number of anilines is 1. The monoisotopic (exact) mass is 287 g/mol. The Morgan fingerprint density at radius 1 is 1.37 bits per heavy atom. The number of nitrogens with two attached hydrogens (primary N) is 1. The maximum atomic E-state index is 11.7. The van der Waals surface area contributed by atoms with Gasteiger partial charge >= 0.3 is 5.97 Å². The van der Waals surface area contributed by atoms with E-state index < -0.39 is 5.97 Å². The zero-order valence-corrected chi connectivity index (χ0v) is 11.8. The molecule has 0 atom stereocenters. The lowest BCUT2D eigenvalue weighted by atomic mass is 10.1. The first-order valence-electron chi connectivity index (χ1n) is 5.97. The molecule has 6 heteroatoms. The normalized spacial score (nSPS) is 10.1. The van der Waals surface area contributed by atoms with Crippen LogP contribution in [0.1, 0.15) is 23.7 Å². The summed E-state index contributed by atoms with van der Waals surface area (Å²) in [5, 5.41) is 0. The molecule has 1 aromatic rings. The Labute approximate surface area is 117 Å². The van der Waals surface area contributed by atoms with Crippen LogP contribution in [0, 0.1) is 0 Å².